The van der Waals surface area contributed by atoms with E-state index in [1.807, 2.05) is 30.3 Å². The number of fused-ring (bicyclic) bond motifs is 2. The minimum absolute atomic E-state index is 0.0320. The van der Waals surface area contributed by atoms with Crippen LogP contribution in [-0.2, 0) is 35.7 Å². The van der Waals surface area contributed by atoms with Gasteiger partial charge in [-0.25, -0.2) is 22.6 Å². The lowest BCUT2D eigenvalue weighted by Gasteiger charge is -2.16. The molecule has 9 heteroatoms. The Morgan fingerprint density at radius 1 is 0.861 bits per heavy atom. The third kappa shape index (κ3) is 4.15. The molecule has 0 saturated carbocycles. The second-order valence-electron chi connectivity index (χ2n) is 9.21. The predicted octanol–water partition coefficient (Wildman–Crippen LogP) is 4.42. The molecular formula is C27H25N5O3S. The molecule has 2 aliphatic carbocycles. The topological polar surface area (TPSA) is 106 Å². The second-order valence-corrected chi connectivity index (χ2v) is 10.9. The lowest BCUT2D eigenvalue weighted by molar-refractivity contribution is 0.256. The van der Waals surface area contributed by atoms with Gasteiger partial charge in [-0.1, -0.05) is 47.7 Å². The Labute approximate surface area is 209 Å². The Kier molecular flexibility index (Phi) is 5.56. The van der Waals surface area contributed by atoms with Crippen molar-refractivity contribution in [1.82, 2.24) is 19.7 Å². The minimum atomic E-state index is -4.11. The number of nitrogens with one attached hydrogen (secondary N) is 2. The summed E-state index contributed by atoms with van der Waals surface area (Å²) in [4.78, 5) is 12.9. The first-order chi connectivity index (χ1) is 17.5. The number of sulfonamides is 1. The molecular weight excluding hydrogens is 474 g/mol. The van der Waals surface area contributed by atoms with Crippen molar-refractivity contribution in [3.05, 3.63) is 89.1 Å². The summed E-state index contributed by atoms with van der Waals surface area (Å²) in [5.74, 6) is 0. The summed E-state index contributed by atoms with van der Waals surface area (Å²) in [7, 11) is -4.11. The van der Waals surface area contributed by atoms with Gasteiger partial charge >= 0.3 is 6.03 Å². The Bertz CT molecular complexity index is 1550. The Morgan fingerprint density at radius 2 is 1.58 bits per heavy atom. The van der Waals surface area contributed by atoms with Gasteiger partial charge in [-0.2, -0.15) is 0 Å². The quantitative estimate of drug-likeness (QED) is 0.423. The van der Waals surface area contributed by atoms with Crippen molar-refractivity contribution in [3.63, 3.8) is 0 Å². The monoisotopic (exact) mass is 499 g/mol. The molecule has 8 nitrogen and oxygen atoms in total. The van der Waals surface area contributed by atoms with Crippen LogP contribution in [-0.4, -0.2) is 29.4 Å². The number of aromatic nitrogens is 3. The molecule has 0 bridgehead atoms. The van der Waals surface area contributed by atoms with E-state index in [2.05, 4.69) is 26.4 Å². The standard InChI is InChI=1S/C27H25N5O3S/c33-27(28-26-23-13-4-9-19(23)15-20-10-5-14-24(20)26)30-36(34,35)22-12-6-11-21(16-22)32-17-25(29-31-32)18-7-2-1-3-8-18/h1-3,6-8,11-12,15-17H,4-5,9-10,13-14H2,(H2,28,30,33). The van der Waals surface area contributed by atoms with Gasteiger partial charge in [-0.3, -0.25) is 0 Å². The van der Waals surface area contributed by atoms with Crippen LogP contribution in [0.25, 0.3) is 16.9 Å². The Balaban J connectivity index is 1.23. The molecule has 1 aromatic heterocycles. The van der Waals surface area contributed by atoms with Crippen LogP contribution in [0.4, 0.5) is 10.5 Å². The zero-order chi connectivity index (χ0) is 24.7. The van der Waals surface area contributed by atoms with E-state index in [0.717, 1.165) is 60.9 Å². The highest BCUT2D eigenvalue weighted by atomic mass is 32.2. The van der Waals surface area contributed by atoms with Crippen LogP contribution in [0.5, 0.6) is 0 Å². The summed E-state index contributed by atoms with van der Waals surface area (Å²) in [6, 6.07) is 17.4. The van der Waals surface area contributed by atoms with E-state index >= 15 is 0 Å². The summed E-state index contributed by atoms with van der Waals surface area (Å²) >= 11 is 0. The maximum atomic E-state index is 13.1. The van der Waals surface area contributed by atoms with E-state index in [0.29, 0.717) is 11.4 Å². The van der Waals surface area contributed by atoms with Crippen LogP contribution < -0.4 is 10.0 Å². The van der Waals surface area contributed by atoms with Crippen molar-refractivity contribution in [1.29, 1.82) is 0 Å². The van der Waals surface area contributed by atoms with Gasteiger partial charge in [0.25, 0.3) is 10.0 Å². The molecule has 0 spiro atoms. The van der Waals surface area contributed by atoms with Gasteiger partial charge in [0.2, 0.25) is 0 Å². The highest BCUT2D eigenvalue weighted by molar-refractivity contribution is 7.90. The van der Waals surface area contributed by atoms with Crippen molar-refractivity contribution >= 4 is 21.7 Å². The minimum Gasteiger partial charge on any atom is -0.307 e. The number of anilines is 1. The fraction of sp³-hybridized carbons (Fsp3) is 0.222. The SMILES string of the molecule is O=C(Nc1c2c(cc3c1CCC3)CCC2)NS(=O)(=O)c1cccc(-n2cc(-c3ccccc3)nn2)c1. The van der Waals surface area contributed by atoms with Crippen LogP contribution in [0.1, 0.15) is 35.1 Å². The number of urea groups is 1. The smallest absolute Gasteiger partial charge is 0.307 e. The maximum absolute atomic E-state index is 13.1. The molecule has 6 rings (SSSR count). The van der Waals surface area contributed by atoms with E-state index < -0.39 is 16.1 Å². The molecule has 4 aromatic rings. The van der Waals surface area contributed by atoms with Crippen LogP contribution in [0, 0.1) is 0 Å². The number of hydrogen-bond acceptors (Lipinski definition) is 5. The zero-order valence-electron chi connectivity index (χ0n) is 19.6. The number of rotatable bonds is 5. The molecule has 0 saturated heterocycles. The lowest BCUT2D eigenvalue weighted by atomic mass is 9.99. The largest absolute Gasteiger partial charge is 0.333 e. The number of hydrogen-bond donors (Lipinski definition) is 2. The molecule has 2 amide bonds. The summed E-state index contributed by atoms with van der Waals surface area (Å²) in [6.45, 7) is 0. The van der Waals surface area contributed by atoms with Gasteiger partial charge < -0.3 is 5.32 Å². The molecule has 2 N–H and O–H groups in total. The highest BCUT2D eigenvalue weighted by Crippen LogP contribution is 2.38. The molecule has 2 aliphatic rings. The number of benzene rings is 3. The summed E-state index contributed by atoms with van der Waals surface area (Å²) < 4.78 is 29.9. The van der Waals surface area contributed by atoms with Gasteiger partial charge in [0.1, 0.15) is 5.69 Å². The summed E-state index contributed by atoms with van der Waals surface area (Å²) in [5.41, 5.74) is 7.72. The van der Waals surface area contributed by atoms with Crippen molar-refractivity contribution in [2.24, 2.45) is 0 Å². The normalized spacial score (nSPS) is 14.3. The number of nitrogens with zero attached hydrogens (tertiary/aromatic N) is 3. The van der Waals surface area contributed by atoms with E-state index in [1.165, 1.54) is 27.9 Å². The van der Waals surface area contributed by atoms with Crippen molar-refractivity contribution in [2.45, 2.75) is 43.4 Å². The van der Waals surface area contributed by atoms with Crippen LogP contribution in [0.3, 0.4) is 0 Å². The zero-order valence-corrected chi connectivity index (χ0v) is 20.4. The molecule has 0 fully saturated rings. The molecule has 0 atom stereocenters. The average Bonchev–Trinajstić information content (AvgIpc) is 3.65. The lowest BCUT2D eigenvalue weighted by Crippen LogP contribution is -2.35. The molecule has 1 heterocycles. The molecule has 36 heavy (non-hydrogen) atoms. The van der Waals surface area contributed by atoms with E-state index in [1.54, 1.807) is 18.3 Å². The third-order valence-electron chi connectivity index (χ3n) is 6.89. The molecule has 182 valence electrons. The molecule has 3 aromatic carbocycles. The first kappa shape index (κ1) is 22.5. The Morgan fingerprint density at radius 3 is 2.31 bits per heavy atom. The van der Waals surface area contributed by atoms with Crippen LogP contribution in [0.15, 0.2) is 71.8 Å². The number of carbonyl (C=O) groups is 1. The molecule has 0 radical (unpaired) electrons. The maximum Gasteiger partial charge on any atom is 0.333 e. The van der Waals surface area contributed by atoms with Gasteiger partial charge in [-0.15, -0.1) is 5.10 Å². The fourth-order valence-corrected chi connectivity index (χ4v) is 6.16. The number of aryl methyl sites for hydroxylation is 2. The highest BCUT2D eigenvalue weighted by Gasteiger charge is 2.26. The number of carbonyl (C=O) groups excluding carboxylic acids is 1. The van der Waals surface area contributed by atoms with Crippen LogP contribution >= 0.6 is 0 Å². The summed E-state index contributed by atoms with van der Waals surface area (Å²) in [6.07, 6.45) is 7.63. The van der Waals surface area contributed by atoms with Crippen LogP contribution in [0.2, 0.25) is 0 Å². The second kappa shape index (κ2) is 8.91. The van der Waals surface area contributed by atoms with Gasteiger partial charge in [-0.05, 0) is 79.0 Å². The Hall–Kier alpha value is -3.98. The van der Waals surface area contributed by atoms with E-state index in [-0.39, 0.29) is 4.90 Å². The van der Waals surface area contributed by atoms with Crippen molar-refractivity contribution < 1.29 is 13.2 Å². The van der Waals surface area contributed by atoms with Gasteiger partial charge in [0, 0.05) is 11.3 Å². The number of amides is 2. The van der Waals surface area contributed by atoms with Crippen molar-refractivity contribution in [2.75, 3.05) is 5.32 Å². The molecule has 0 aliphatic heterocycles. The molecule has 0 unspecified atom stereocenters. The summed E-state index contributed by atoms with van der Waals surface area (Å²) in [5, 5.41) is 11.2. The van der Waals surface area contributed by atoms with E-state index in [9.17, 15) is 13.2 Å². The first-order valence-electron chi connectivity index (χ1n) is 12.1. The van der Waals surface area contributed by atoms with Gasteiger partial charge in [0.05, 0.1) is 16.8 Å². The van der Waals surface area contributed by atoms with E-state index in [4.69, 9.17) is 0 Å². The van der Waals surface area contributed by atoms with Crippen molar-refractivity contribution in [3.8, 4) is 16.9 Å². The van der Waals surface area contributed by atoms with Gasteiger partial charge in [0.15, 0.2) is 0 Å². The third-order valence-corrected chi connectivity index (χ3v) is 8.22. The fourth-order valence-electron chi connectivity index (χ4n) is 5.21. The average molecular weight is 500 g/mol. The first-order valence-corrected chi connectivity index (χ1v) is 13.5. The predicted molar refractivity (Wildman–Crippen MR) is 137 cm³/mol.